The highest BCUT2D eigenvalue weighted by Crippen LogP contribution is 2.16. The summed E-state index contributed by atoms with van der Waals surface area (Å²) in [6.07, 6.45) is 8.32. The summed E-state index contributed by atoms with van der Waals surface area (Å²) >= 11 is 5.87. The highest BCUT2D eigenvalue weighted by atomic mass is 35.5. The van der Waals surface area contributed by atoms with Crippen LogP contribution in [0.15, 0.2) is 36.5 Å². The molecule has 0 saturated carbocycles. The monoisotopic (exact) mass is 285 g/mol. The molecule has 4 heteroatoms. The van der Waals surface area contributed by atoms with Gasteiger partial charge < -0.3 is 4.90 Å². The first-order chi connectivity index (χ1) is 9.81. The number of halogens is 1. The Morgan fingerprint density at radius 1 is 1.00 bits per heavy atom. The zero-order valence-electron chi connectivity index (χ0n) is 11.2. The zero-order chi connectivity index (χ0) is 13.8. The molecule has 1 aromatic heterocycles. The van der Waals surface area contributed by atoms with Crippen LogP contribution in [0, 0.1) is 0 Å². The fraction of sp³-hybridized carbons (Fsp3) is 0.250. The molecule has 0 aliphatic carbocycles. The Labute approximate surface area is 123 Å². The maximum atomic E-state index is 5.87. The van der Waals surface area contributed by atoms with E-state index in [2.05, 4.69) is 14.9 Å². The molecule has 0 spiro atoms. The van der Waals surface area contributed by atoms with Gasteiger partial charge in [0.15, 0.2) is 0 Å². The van der Waals surface area contributed by atoms with Crippen LogP contribution in [0.3, 0.4) is 0 Å². The molecule has 1 saturated heterocycles. The average Bonchev–Trinajstić information content (AvgIpc) is 3.01. The number of nitrogens with zero attached hydrogens (tertiary/aromatic N) is 3. The molecule has 0 bridgehead atoms. The van der Waals surface area contributed by atoms with Crippen molar-refractivity contribution in [1.29, 1.82) is 0 Å². The van der Waals surface area contributed by atoms with Crippen LogP contribution in [0.25, 0.3) is 12.2 Å². The van der Waals surface area contributed by atoms with E-state index in [1.807, 2.05) is 48.7 Å². The molecule has 2 aromatic rings. The lowest BCUT2D eigenvalue weighted by Gasteiger charge is -2.14. The summed E-state index contributed by atoms with van der Waals surface area (Å²) in [5, 5.41) is 0.750. The van der Waals surface area contributed by atoms with E-state index in [0.717, 1.165) is 35.3 Å². The molecule has 3 rings (SSSR count). The molecule has 0 unspecified atom stereocenters. The molecule has 102 valence electrons. The van der Waals surface area contributed by atoms with Gasteiger partial charge in [0, 0.05) is 24.3 Å². The van der Waals surface area contributed by atoms with E-state index >= 15 is 0 Å². The van der Waals surface area contributed by atoms with Gasteiger partial charge in [0.05, 0.1) is 5.69 Å². The molecular formula is C16H16ClN3. The standard InChI is InChI=1S/C16H16ClN3/c17-14-6-3-13(4-7-14)5-8-15-9-10-18-16(19-15)20-11-1-2-12-20/h3-10H,1-2,11-12H2/b8-5+. The molecule has 20 heavy (non-hydrogen) atoms. The van der Waals surface area contributed by atoms with E-state index in [1.54, 1.807) is 0 Å². The summed E-state index contributed by atoms with van der Waals surface area (Å²) in [5.41, 5.74) is 2.03. The molecule has 1 aliphatic rings. The Bertz CT molecular complexity index is 601. The smallest absolute Gasteiger partial charge is 0.225 e. The first-order valence-electron chi connectivity index (χ1n) is 6.83. The number of hydrogen-bond acceptors (Lipinski definition) is 3. The number of aromatic nitrogens is 2. The van der Waals surface area contributed by atoms with Crippen molar-refractivity contribution in [2.45, 2.75) is 12.8 Å². The second-order valence-electron chi connectivity index (χ2n) is 4.86. The van der Waals surface area contributed by atoms with Crippen LogP contribution in [0.1, 0.15) is 24.1 Å². The number of rotatable bonds is 3. The van der Waals surface area contributed by atoms with Crippen molar-refractivity contribution in [3.63, 3.8) is 0 Å². The second kappa shape index (κ2) is 6.06. The zero-order valence-corrected chi connectivity index (χ0v) is 11.9. The minimum absolute atomic E-state index is 0.750. The lowest BCUT2D eigenvalue weighted by molar-refractivity contribution is 0.896. The summed E-state index contributed by atoms with van der Waals surface area (Å²) in [7, 11) is 0. The topological polar surface area (TPSA) is 29.0 Å². The van der Waals surface area contributed by atoms with Crippen LogP contribution >= 0.6 is 11.6 Å². The van der Waals surface area contributed by atoms with E-state index in [9.17, 15) is 0 Å². The van der Waals surface area contributed by atoms with E-state index in [4.69, 9.17) is 11.6 Å². The Balaban J connectivity index is 1.76. The largest absolute Gasteiger partial charge is 0.341 e. The average molecular weight is 286 g/mol. The Kier molecular flexibility index (Phi) is 3.97. The summed E-state index contributed by atoms with van der Waals surface area (Å²) in [4.78, 5) is 11.2. The van der Waals surface area contributed by atoms with Crippen LogP contribution in [-0.4, -0.2) is 23.1 Å². The van der Waals surface area contributed by atoms with Gasteiger partial charge in [-0.1, -0.05) is 29.8 Å². The van der Waals surface area contributed by atoms with Crippen LogP contribution < -0.4 is 4.90 Å². The minimum Gasteiger partial charge on any atom is -0.341 e. The van der Waals surface area contributed by atoms with Crippen molar-refractivity contribution in [3.05, 3.63) is 52.8 Å². The molecule has 0 radical (unpaired) electrons. The predicted molar refractivity (Wildman–Crippen MR) is 83.9 cm³/mol. The van der Waals surface area contributed by atoms with Gasteiger partial charge in [0.25, 0.3) is 0 Å². The SMILES string of the molecule is Clc1ccc(/C=C/c2ccnc(N3CCCC3)n2)cc1. The van der Waals surface area contributed by atoms with Gasteiger partial charge in [-0.3, -0.25) is 0 Å². The van der Waals surface area contributed by atoms with Crippen molar-refractivity contribution in [2.75, 3.05) is 18.0 Å². The van der Waals surface area contributed by atoms with E-state index in [0.29, 0.717) is 0 Å². The lowest BCUT2D eigenvalue weighted by Crippen LogP contribution is -2.20. The van der Waals surface area contributed by atoms with Crippen LogP contribution in [0.4, 0.5) is 5.95 Å². The van der Waals surface area contributed by atoms with Gasteiger partial charge in [-0.25, -0.2) is 9.97 Å². The van der Waals surface area contributed by atoms with Gasteiger partial charge in [-0.15, -0.1) is 0 Å². The quantitative estimate of drug-likeness (QED) is 0.856. The van der Waals surface area contributed by atoms with E-state index in [1.165, 1.54) is 12.8 Å². The van der Waals surface area contributed by atoms with E-state index in [-0.39, 0.29) is 0 Å². The first kappa shape index (κ1) is 13.1. The Hall–Kier alpha value is -1.87. The number of hydrogen-bond donors (Lipinski definition) is 0. The van der Waals surface area contributed by atoms with Crippen molar-refractivity contribution in [2.24, 2.45) is 0 Å². The fourth-order valence-corrected chi connectivity index (χ4v) is 2.41. The number of benzene rings is 1. The third-order valence-electron chi connectivity index (χ3n) is 3.37. The highest BCUT2D eigenvalue weighted by Gasteiger charge is 2.14. The van der Waals surface area contributed by atoms with Gasteiger partial charge in [-0.2, -0.15) is 0 Å². The Morgan fingerprint density at radius 3 is 2.50 bits per heavy atom. The van der Waals surface area contributed by atoms with Crippen LogP contribution in [-0.2, 0) is 0 Å². The fourth-order valence-electron chi connectivity index (χ4n) is 2.28. The van der Waals surface area contributed by atoms with Gasteiger partial charge in [0.1, 0.15) is 0 Å². The van der Waals surface area contributed by atoms with Crippen molar-refractivity contribution >= 4 is 29.7 Å². The van der Waals surface area contributed by atoms with Gasteiger partial charge >= 0.3 is 0 Å². The molecule has 1 aliphatic heterocycles. The van der Waals surface area contributed by atoms with Gasteiger partial charge in [-0.05, 0) is 42.7 Å². The number of anilines is 1. The van der Waals surface area contributed by atoms with Crippen molar-refractivity contribution < 1.29 is 0 Å². The molecule has 0 atom stereocenters. The highest BCUT2D eigenvalue weighted by molar-refractivity contribution is 6.30. The van der Waals surface area contributed by atoms with Crippen molar-refractivity contribution in [1.82, 2.24) is 9.97 Å². The third kappa shape index (κ3) is 3.17. The molecule has 1 aromatic carbocycles. The van der Waals surface area contributed by atoms with Gasteiger partial charge in [0.2, 0.25) is 5.95 Å². The summed E-state index contributed by atoms with van der Waals surface area (Å²) < 4.78 is 0. The molecule has 0 N–H and O–H groups in total. The second-order valence-corrected chi connectivity index (χ2v) is 5.30. The molecule has 3 nitrogen and oxygen atoms in total. The molecule has 2 heterocycles. The summed E-state index contributed by atoms with van der Waals surface area (Å²) in [6, 6.07) is 9.67. The van der Waals surface area contributed by atoms with Crippen LogP contribution in [0.5, 0.6) is 0 Å². The lowest BCUT2D eigenvalue weighted by atomic mass is 10.2. The van der Waals surface area contributed by atoms with E-state index < -0.39 is 0 Å². The predicted octanol–water partition coefficient (Wildman–Crippen LogP) is 3.90. The third-order valence-corrected chi connectivity index (χ3v) is 3.62. The Morgan fingerprint density at radius 2 is 1.75 bits per heavy atom. The normalized spacial score (nSPS) is 15.2. The minimum atomic E-state index is 0.750. The van der Waals surface area contributed by atoms with Crippen molar-refractivity contribution in [3.8, 4) is 0 Å². The van der Waals surface area contributed by atoms with Crippen LogP contribution in [0.2, 0.25) is 5.02 Å². The summed E-state index contributed by atoms with van der Waals surface area (Å²) in [6.45, 7) is 2.12. The maximum Gasteiger partial charge on any atom is 0.225 e. The molecule has 1 fully saturated rings. The maximum absolute atomic E-state index is 5.87. The first-order valence-corrected chi connectivity index (χ1v) is 7.21. The molecule has 0 amide bonds. The summed E-state index contributed by atoms with van der Waals surface area (Å²) in [5.74, 6) is 0.834. The molecular weight excluding hydrogens is 270 g/mol.